The van der Waals surface area contributed by atoms with Gasteiger partial charge in [-0.05, 0) is 56.6 Å². The van der Waals surface area contributed by atoms with Gasteiger partial charge in [-0.15, -0.1) is 11.3 Å². The number of carbonyl (C=O) groups excluding carboxylic acids is 1. The van der Waals surface area contributed by atoms with Crippen LogP contribution in [0.5, 0.6) is 0 Å². The van der Waals surface area contributed by atoms with Crippen LogP contribution in [0.15, 0.2) is 63.6 Å². The number of thiophene rings is 1. The van der Waals surface area contributed by atoms with Crippen LogP contribution in [0.4, 0.5) is 11.5 Å². The second kappa shape index (κ2) is 7.81. The molecule has 1 aromatic carbocycles. The van der Waals surface area contributed by atoms with Gasteiger partial charge in [0, 0.05) is 22.3 Å². The van der Waals surface area contributed by atoms with Crippen LogP contribution in [0.2, 0.25) is 0 Å². The molecule has 0 saturated carbocycles. The molecule has 2 N–H and O–H groups in total. The van der Waals surface area contributed by atoms with Gasteiger partial charge in [0.2, 0.25) is 0 Å². The molecule has 29 heavy (non-hydrogen) atoms. The predicted octanol–water partition coefficient (Wildman–Crippen LogP) is 4.70. The quantitative estimate of drug-likeness (QED) is 0.592. The number of aromatic nitrogens is 1. The zero-order valence-corrected chi connectivity index (χ0v) is 17.9. The summed E-state index contributed by atoms with van der Waals surface area (Å²) in [5, 5.41) is 12.6. The first-order valence-corrected chi connectivity index (χ1v) is 10.4. The lowest BCUT2D eigenvalue weighted by molar-refractivity contribution is -0.113. The fourth-order valence-electron chi connectivity index (χ4n) is 3.32. The number of anilines is 2. The minimum absolute atomic E-state index is 0.249. The third kappa shape index (κ3) is 3.81. The number of hydrogen-bond donors (Lipinski definition) is 2. The van der Waals surface area contributed by atoms with E-state index in [0.29, 0.717) is 22.3 Å². The number of carbonyl (C=O) groups is 1. The SMILES string of the molecule is CC1=C(C(=O)Nc2cc(C)on2)[C@H](c2cccs2)NC(=S)N1c1ccc(C)cc1. The number of thiocarbonyl (C=S) groups is 1. The Morgan fingerprint density at radius 1 is 1.24 bits per heavy atom. The summed E-state index contributed by atoms with van der Waals surface area (Å²) in [6.45, 7) is 5.72. The molecule has 3 aromatic rings. The van der Waals surface area contributed by atoms with Crippen LogP contribution < -0.4 is 15.5 Å². The Balaban J connectivity index is 1.78. The van der Waals surface area contributed by atoms with Crippen molar-refractivity contribution in [3.63, 3.8) is 0 Å². The van der Waals surface area contributed by atoms with E-state index in [9.17, 15) is 4.79 Å². The highest BCUT2D eigenvalue weighted by Gasteiger charge is 2.35. The average Bonchev–Trinajstić information content (AvgIpc) is 3.34. The Hall–Kier alpha value is -2.97. The zero-order valence-electron chi connectivity index (χ0n) is 16.2. The van der Waals surface area contributed by atoms with Crippen LogP contribution in [0.1, 0.15) is 29.2 Å². The first-order chi connectivity index (χ1) is 13.9. The molecule has 0 fully saturated rings. The van der Waals surface area contributed by atoms with E-state index in [4.69, 9.17) is 16.7 Å². The Labute approximate surface area is 178 Å². The molecular weight excluding hydrogens is 404 g/mol. The molecule has 0 spiro atoms. The maximum Gasteiger partial charge on any atom is 0.257 e. The van der Waals surface area contributed by atoms with Gasteiger partial charge in [0.15, 0.2) is 10.9 Å². The molecule has 8 heteroatoms. The average molecular weight is 425 g/mol. The van der Waals surface area contributed by atoms with Crippen LogP contribution in [-0.2, 0) is 4.79 Å². The van der Waals surface area contributed by atoms with Gasteiger partial charge in [0.1, 0.15) is 5.76 Å². The van der Waals surface area contributed by atoms with Crippen LogP contribution >= 0.6 is 23.6 Å². The molecule has 1 aliphatic heterocycles. The van der Waals surface area contributed by atoms with E-state index >= 15 is 0 Å². The van der Waals surface area contributed by atoms with Crippen molar-refractivity contribution < 1.29 is 9.32 Å². The summed E-state index contributed by atoms with van der Waals surface area (Å²) in [7, 11) is 0. The third-order valence-corrected chi connectivity index (χ3v) is 5.96. The van der Waals surface area contributed by atoms with E-state index in [1.807, 2.05) is 60.5 Å². The highest BCUT2D eigenvalue weighted by Crippen LogP contribution is 2.35. The smallest absolute Gasteiger partial charge is 0.257 e. The molecule has 0 saturated heterocycles. The van der Waals surface area contributed by atoms with Gasteiger partial charge < -0.3 is 15.2 Å². The van der Waals surface area contributed by atoms with E-state index in [1.165, 1.54) is 0 Å². The molecule has 148 valence electrons. The van der Waals surface area contributed by atoms with Gasteiger partial charge in [-0.1, -0.05) is 28.9 Å². The number of hydrogen-bond acceptors (Lipinski definition) is 5. The molecule has 2 aromatic heterocycles. The number of nitrogens with zero attached hydrogens (tertiary/aromatic N) is 2. The lowest BCUT2D eigenvalue weighted by atomic mass is 9.99. The molecule has 0 unspecified atom stereocenters. The number of benzene rings is 1. The Morgan fingerprint density at radius 3 is 2.62 bits per heavy atom. The monoisotopic (exact) mass is 424 g/mol. The standard InChI is InChI=1S/C21H20N4O2S2/c1-12-6-8-15(9-7-12)25-14(3)18(20(26)22-17-11-13(2)27-24-17)19(23-21(25)28)16-5-4-10-29-16/h4-11,19H,1-3H3,(H,23,28)(H,22,24,26)/t19-/m0/s1. The molecule has 1 atom stereocenters. The molecule has 6 nitrogen and oxygen atoms in total. The molecule has 0 bridgehead atoms. The Morgan fingerprint density at radius 2 is 2.00 bits per heavy atom. The molecule has 0 radical (unpaired) electrons. The summed E-state index contributed by atoms with van der Waals surface area (Å²) in [6.07, 6.45) is 0. The van der Waals surface area contributed by atoms with Crippen molar-refractivity contribution in [2.75, 3.05) is 10.2 Å². The summed E-state index contributed by atoms with van der Waals surface area (Å²) < 4.78 is 5.07. The predicted molar refractivity (Wildman–Crippen MR) is 119 cm³/mol. The molecule has 4 rings (SSSR count). The highest BCUT2D eigenvalue weighted by molar-refractivity contribution is 7.80. The maximum absolute atomic E-state index is 13.3. The van der Waals surface area contributed by atoms with E-state index in [1.54, 1.807) is 24.3 Å². The van der Waals surface area contributed by atoms with Crippen LogP contribution in [-0.4, -0.2) is 16.2 Å². The van der Waals surface area contributed by atoms with Crippen molar-refractivity contribution >= 4 is 46.1 Å². The summed E-state index contributed by atoms with van der Waals surface area (Å²) in [5.74, 6) is 0.763. The van der Waals surface area contributed by atoms with Crippen LogP contribution in [0.3, 0.4) is 0 Å². The summed E-state index contributed by atoms with van der Waals surface area (Å²) in [4.78, 5) is 16.2. The molecule has 0 aliphatic carbocycles. The zero-order chi connectivity index (χ0) is 20.5. The topological polar surface area (TPSA) is 70.4 Å². The van der Waals surface area contributed by atoms with Gasteiger partial charge in [0.25, 0.3) is 5.91 Å². The minimum atomic E-state index is -0.336. The molecule has 1 amide bonds. The summed E-state index contributed by atoms with van der Waals surface area (Å²) in [6, 6.07) is 13.3. The van der Waals surface area contributed by atoms with Crippen molar-refractivity contribution in [1.82, 2.24) is 10.5 Å². The summed E-state index contributed by atoms with van der Waals surface area (Å²) >= 11 is 7.24. The van der Waals surface area contributed by atoms with E-state index in [2.05, 4.69) is 15.8 Å². The fourth-order valence-corrected chi connectivity index (χ4v) is 4.46. The van der Waals surface area contributed by atoms with Crippen molar-refractivity contribution in [2.24, 2.45) is 0 Å². The van der Waals surface area contributed by atoms with E-state index < -0.39 is 0 Å². The summed E-state index contributed by atoms with van der Waals surface area (Å²) in [5.41, 5.74) is 3.41. The molecule has 1 aliphatic rings. The molecular formula is C21H20N4O2S2. The van der Waals surface area contributed by atoms with E-state index in [0.717, 1.165) is 21.8 Å². The van der Waals surface area contributed by atoms with Gasteiger partial charge >= 0.3 is 0 Å². The van der Waals surface area contributed by atoms with Crippen LogP contribution in [0, 0.1) is 13.8 Å². The number of aryl methyl sites for hydroxylation is 2. The largest absolute Gasteiger partial charge is 0.360 e. The van der Waals surface area contributed by atoms with Gasteiger partial charge in [0.05, 0.1) is 11.6 Å². The van der Waals surface area contributed by atoms with Crippen molar-refractivity contribution in [1.29, 1.82) is 0 Å². The number of allylic oxidation sites excluding steroid dienone is 1. The van der Waals surface area contributed by atoms with Crippen molar-refractivity contribution in [3.8, 4) is 0 Å². The second-order valence-electron chi connectivity index (χ2n) is 6.84. The Kier molecular flexibility index (Phi) is 5.21. The van der Waals surface area contributed by atoms with Crippen molar-refractivity contribution in [3.05, 3.63) is 75.3 Å². The number of amides is 1. The van der Waals surface area contributed by atoms with Crippen LogP contribution in [0.25, 0.3) is 0 Å². The lowest BCUT2D eigenvalue weighted by Crippen LogP contribution is -2.48. The van der Waals surface area contributed by atoms with Gasteiger partial charge in [-0.25, -0.2) is 0 Å². The minimum Gasteiger partial charge on any atom is -0.360 e. The maximum atomic E-state index is 13.3. The lowest BCUT2D eigenvalue weighted by Gasteiger charge is -2.37. The Bertz CT molecular complexity index is 1080. The number of rotatable bonds is 4. The third-order valence-electron chi connectivity index (χ3n) is 4.72. The van der Waals surface area contributed by atoms with Gasteiger partial charge in [-0.2, -0.15) is 0 Å². The second-order valence-corrected chi connectivity index (χ2v) is 8.21. The van der Waals surface area contributed by atoms with Crippen molar-refractivity contribution in [2.45, 2.75) is 26.8 Å². The fraction of sp³-hybridized carbons (Fsp3) is 0.190. The normalized spacial score (nSPS) is 16.7. The van der Waals surface area contributed by atoms with Gasteiger partial charge in [-0.3, -0.25) is 9.69 Å². The highest BCUT2D eigenvalue weighted by atomic mass is 32.1. The number of nitrogens with one attached hydrogen (secondary N) is 2. The molecule has 3 heterocycles. The first-order valence-electron chi connectivity index (χ1n) is 9.10. The van der Waals surface area contributed by atoms with E-state index in [-0.39, 0.29) is 11.9 Å². The first kappa shape index (κ1) is 19.4.